The Hall–Kier alpha value is -2.06. The lowest BCUT2D eigenvalue weighted by Crippen LogP contribution is -2.37. The predicted molar refractivity (Wildman–Crippen MR) is 95.7 cm³/mol. The van der Waals surface area contributed by atoms with E-state index < -0.39 is 0 Å². The number of aromatic nitrogens is 3. The van der Waals surface area contributed by atoms with Gasteiger partial charge in [-0.15, -0.1) is 11.3 Å². The fraction of sp³-hybridized carbons (Fsp3) is 0.500. The lowest BCUT2D eigenvalue weighted by atomic mass is 10.1. The molecule has 1 unspecified atom stereocenters. The van der Waals surface area contributed by atoms with Gasteiger partial charge in [-0.05, 0) is 40.3 Å². The quantitative estimate of drug-likeness (QED) is 0.846. The Kier molecular flexibility index (Phi) is 5.51. The molecule has 2 N–H and O–H groups in total. The van der Waals surface area contributed by atoms with Crippen LogP contribution in [-0.2, 0) is 7.05 Å². The second-order valence-electron chi connectivity index (χ2n) is 5.85. The number of carbonyl (C=O) groups excluding carboxylic acids is 1. The van der Waals surface area contributed by atoms with Gasteiger partial charge in [-0.1, -0.05) is 0 Å². The summed E-state index contributed by atoms with van der Waals surface area (Å²) in [5.41, 5.74) is 2.50. The SMILES string of the molecule is CNC(C)CNC(=O)c1sc(-c2c(C)c(C)nn(C)c2=O)nc1C. The van der Waals surface area contributed by atoms with Gasteiger partial charge in [-0.3, -0.25) is 9.59 Å². The van der Waals surface area contributed by atoms with Gasteiger partial charge in [0.2, 0.25) is 0 Å². The summed E-state index contributed by atoms with van der Waals surface area (Å²) in [5.74, 6) is -0.168. The van der Waals surface area contributed by atoms with Crippen LogP contribution in [0.25, 0.3) is 10.6 Å². The van der Waals surface area contributed by atoms with E-state index in [1.807, 2.05) is 27.8 Å². The van der Waals surface area contributed by atoms with Crippen molar-refractivity contribution in [3.8, 4) is 10.6 Å². The highest BCUT2D eigenvalue weighted by Crippen LogP contribution is 2.28. The Labute approximate surface area is 145 Å². The van der Waals surface area contributed by atoms with Crippen molar-refractivity contribution >= 4 is 17.2 Å². The van der Waals surface area contributed by atoms with Crippen LogP contribution < -0.4 is 16.2 Å². The van der Waals surface area contributed by atoms with Crippen molar-refractivity contribution in [3.05, 3.63) is 32.2 Å². The number of thiazole rings is 1. The molecule has 0 aliphatic heterocycles. The molecule has 0 saturated heterocycles. The molecule has 130 valence electrons. The zero-order chi connectivity index (χ0) is 18.0. The first kappa shape index (κ1) is 18.3. The summed E-state index contributed by atoms with van der Waals surface area (Å²) in [5, 5.41) is 10.7. The number of rotatable bonds is 5. The van der Waals surface area contributed by atoms with Crippen LogP contribution in [0.3, 0.4) is 0 Å². The van der Waals surface area contributed by atoms with Gasteiger partial charge >= 0.3 is 0 Å². The highest BCUT2D eigenvalue weighted by molar-refractivity contribution is 7.17. The van der Waals surface area contributed by atoms with Crippen LogP contribution in [0.15, 0.2) is 4.79 Å². The third-order valence-electron chi connectivity index (χ3n) is 4.00. The average molecular weight is 349 g/mol. The third-order valence-corrected chi connectivity index (χ3v) is 5.18. The molecule has 0 fully saturated rings. The number of hydrogen-bond donors (Lipinski definition) is 2. The van der Waals surface area contributed by atoms with Gasteiger partial charge in [0.15, 0.2) is 0 Å². The number of nitrogens with one attached hydrogen (secondary N) is 2. The van der Waals surface area contributed by atoms with E-state index in [-0.39, 0.29) is 17.5 Å². The first-order valence-electron chi connectivity index (χ1n) is 7.74. The normalized spacial score (nSPS) is 12.2. The molecule has 2 heterocycles. The summed E-state index contributed by atoms with van der Waals surface area (Å²) in [4.78, 5) is 29.8. The number of likely N-dealkylation sites (N-methyl/N-ethyl adjacent to an activating group) is 1. The summed E-state index contributed by atoms with van der Waals surface area (Å²) < 4.78 is 1.31. The van der Waals surface area contributed by atoms with E-state index in [1.54, 1.807) is 14.0 Å². The van der Waals surface area contributed by atoms with Gasteiger partial charge in [0, 0.05) is 19.6 Å². The van der Waals surface area contributed by atoms with Crippen molar-refractivity contribution in [1.82, 2.24) is 25.4 Å². The van der Waals surface area contributed by atoms with Gasteiger partial charge in [-0.2, -0.15) is 5.10 Å². The van der Waals surface area contributed by atoms with Gasteiger partial charge in [0.05, 0.1) is 17.0 Å². The minimum Gasteiger partial charge on any atom is -0.350 e. The number of aryl methyl sites for hydroxylation is 3. The second-order valence-corrected chi connectivity index (χ2v) is 6.85. The molecule has 0 radical (unpaired) electrons. The molecule has 0 bridgehead atoms. The molecule has 8 heteroatoms. The largest absolute Gasteiger partial charge is 0.350 e. The van der Waals surface area contributed by atoms with Gasteiger partial charge < -0.3 is 10.6 Å². The Morgan fingerprint density at radius 2 is 1.96 bits per heavy atom. The maximum Gasteiger partial charge on any atom is 0.277 e. The van der Waals surface area contributed by atoms with Gasteiger partial charge in [0.25, 0.3) is 11.5 Å². The lowest BCUT2D eigenvalue weighted by molar-refractivity contribution is 0.0954. The number of nitrogens with zero attached hydrogens (tertiary/aromatic N) is 3. The summed E-state index contributed by atoms with van der Waals surface area (Å²) >= 11 is 1.24. The van der Waals surface area contributed by atoms with Crippen LogP contribution in [-0.4, -0.2) is 40.3 Å². The minimum atomic E-state index is -0.206. The number of carbonyl (C=O) groups is 1. The van der Waals surface area contributed by atoms with E-state index in [9.17, 15) is 9.59 Å². The van der Waals surface area contributed by atoms with Crippen LogP contribution in [0.4, 0.5) is 0 Å². The number of amides is 1. The lowest BCUT2D eigenvalue weighted by Gasteiger charge is -2.10. The Morgan fingerprint density at radius 3 is 2.58 bits per heavy atom. The molecule has 0 saturated carbocycles. The molecule has 0 spiro atoms. The first-order chi connectivity index (χ1) is 11.3. The molecule has 0 aliphatic rings. The maximum absolute atomic E-state index is 12.4. The molecular formula is C16H23N5O2S. The summed E-state index contributed by atoms with van der Waals surface area (Å²) in [7, 11) is 3.46. The summed E-state index contributed by atoms with van der Waals surface area (Å²) in [6.45, 7) is 8.00. The van der Waals surface area contributed by atoms with Crippen molar-refractivity contribution < 1.29 is 4.79 Å². The Bertz CT molecular complexity index is 825. The zero-order valence-electron chi connectivity index (χ0n) is 14.9. The van der Waals surface area contributed by atoms with E-state index in [4.69, 9.17) is 0 Å². The van der Waals surface area contributed by atoms with Gasteiger partial charge in [0.1, 0.15) is 9.88 Å². The van der Waals surface area contributed by atoms with Crippen LogP contribution in [0.5, 0.6) is 0 Å². The highest BCUT2D eigenvalue weighted by Gasteiger charge is 2.21. The maximum atomic E-state index is 12.4. The van der Waals surface area contributed by atoms with Crippen LogP contribution >= 0.6 is 11.3 Å². The van der Waals surface area contributed by atoms with E-state index in [2.05, 4.69) is 20.7 Å². The Morgan fingerprint density at radius 1 is 1.29 bits per heavy atom. The van der Waals surface area contributed by atoms with Crippen LogP contribution in [0.2, 0.25) is 0 Å². The zero-order valence-corrected chi connectivity index (χ0v) is 15.7. The monoisotopic (exact) mass is 349 g/mol. The molecule has 2 aromatic heterocycles. The van der Waals surface area contributed by atoms with E-state index >= 15 is 0 Å². The summed E-state index contributed by atoms with van der Waals surface area (Å²) in [6.07, 6.45) is 0. The smallest absolute Gasteiger partial charge is 0.277 e. The number of hydrogen-bond acceptors (Lipinski definition) is 6. The van der Waals surface area contributed by atoms with Gasteiger partial charge in [-0.25, -0.2) is 9.67 Å². The highest BCUT2D eigenvalue weighted by atomic mass is 32.1. The fourth-order valence-electron chi connectivity index (χ4n) is 2.24. The van der Waals surface area contributed by atoms with Crippen molar-refractivity contribution in [1.29, 1.82) is 0 Å². The van der Waals surface area contributed by atoms with Crippen molar-refractivity contribution in [2.45, 2.75) is 33.7 Å². The molecule has 0 aromatic carbocycles. The molecular weight excluding hydrogens is 326 g/mol. The van der Waals surface area contributed by atoms with Crippen molar-refractivity contribution in [2.75, 3.05) is 13.6 Å². The first-order valence-corrected chi connectivity index (χ1v) is 8.55. The molecule has 0 aliphatic carbocycles. The standard InChI is InChI=1S/C16H23N5O2S/c1-8(17-5)7-18-14(22)13-11(4)19-15(24-13)12-9(2)10(3)20-21(6)16(12)23/h8,17H,7H2,1-6H3,(H,18,22). The topological polar surface area (TPSA) is 88.9 Å². The Balaban J connectivity index is 2.40. The molecule has 24 heavy (non-hydrogen) atoms. The fourth-order valence-corrected chi connectivity index (χ4v) is 3.32. The van der Waals surface area contributed by atoms with Crippen LogP contribution in [0.1, 0.15) is 33.5 Å². The second kappa shape index (κ2) is 7.23. The summed E-state index contributed by atoms with van der Waals surface area (Å²) in [6, 6.07) is 0.180. The van der Waals surface area contributed by atoms with Crippen molar-refractivity contribution in [2.24, 2.45) is 7.05 Å². The van der Waals surface area contributed by atoms with E-state index in [1.165, 1.54) is 16.0 Å². The molecule has 1 atom stereocenters. The van der Waals surface area contributed by atoms with E-state index in [0.717, 1.165) is 11.3 Å². The van der Waals surface area contributed by atoms with Crippen LogP contribution in [0, 0.1) is 20.8 Å². The average Bonchev–Trinajstić information content (AvgIpc) is 2.92. The minimum absolute atomic E-state index is 0.168. The molecule has 7 nitrogen and oxygen atoms in total. The third kappa shape index (κ3) is 3.54. The molecule has 2 aromatic rings. The van der Waals surface area contributed by atoms with Crippen molar-refractivity contribution in [3.63, 3.8) is 0 Å². The molecule has 1 amide bonds. The predicted octanol–water partition coefficient (Wildman–Crippen LogP) is 1.17. The molecule has 2 rings (SSSR count). The van der Waals surface area contributed by atoms with E-state index in [0.29, 0.717) is 27.7 Å².